The summed E-state index contributed by atoms with van der Waals surface area (Å²) in [7, 11) is 0. The molecule has 4 nitrogen and oxygen atoms in total. The standard InChI is InChI=1S/C15H31NO3/c1-12-4-6-14(7-5-12)19-11-13(18)10-16-15(2,3)8-9-17/h12-14,16-18H,4-11H2,1-3H3. The lowest BCUT2D eigenvalue weighted by Gasteiger charge is -2.29. The van der Waals surface area contributed by atoms with Crippen molar-refractivity contribution >= 4 is 0 Å². The van der Waals surface area contributed by atoms with E-state index < -0.39 is 6.10 Å². The van der Waals surface area contributed by atoms with Gasteiger partial charge in [0.25, 0.3) is 0 Å². The van der Waals surface area contributed by atoms with Gasteiger partial charge in [-0.25, -0.2) is 0 Å². The Morgan fingerprint density at radius 1 is 1.26 bits per heavy atom. The zero-order valence-corrected chi connectivity index (χ0v) is 12.7. The van der Waals surface area contributed by atoms with Crippen molar-refractivity contribution in [3.63, 3.8) is 0 Å². The topological polar surface area (TPSA) is 61.7 Å². The normalized spacial score (nSPS) is 26.4. The summed E-state index contributed by atoms with van der Waals surface area (Å²) in [6, 6.07) is 0. The van der Waals surface area contributed by atoms with Crippen molar-refractivity contribution in [2.24, 2.45) is 5.92 Å². The maximum Gasteiger partial charge on any atom is 0.0898 e. The zero-order chi connectivity index (χ0) is 14.3. The lowest BCUT2D eigenvalue weighted by molar-refractivity contribution is -0.0295. The van der Waals surface area contributed by atoms with E-state index in [0.717, 1.165) is 18.8 Å². The van der Waals surface area contributed by atoms with Crippen LogP contribution in [0.1, 0.15) is 52.9 Å². The number of aliphatic hydroxyl groups is 2. The van der Waals surface area contributed by atoms with E-state index in [2.05, 4.69) is 12.2 Å². The van der Waals surface area contributed by atoms with Crippen molar-refractivity contribution in [2.75, 3.05) is 19.8 Å². The average molecular weight is 273 g/mol. The van der Waals surface area contributed by atoms with Crippen LogP contribution in [0.5, 0.6) is 0 Å². The first-order valence-corrected chi connectivity index (χ1v) is 7.58. The lowest BCUT2D eigenvalue weighted by Crippen LogP contribution is -2.45. The van der Waals surface area contributed by atoms with Gasteiger partial charge < -0.3 is 20.3 Å². The summed E-state index contributed by atoms with van der Waals surface area (Å²) in [5.74, 6) is 0.825. The van der Waals surface area contributed by atoms with Gasteiger partial charge in [-0.15, -0.1) is 0 Å². The molecule has 114 valence electrons. The quantitative estimate of drug-likeness (QED) is 0.630. The van der Waals surface area contributed by atoms with E-state index in [1.807, 2.05) is 13.8 Å². The van der Waals surface area contributed by atoms with Crippen LogP contribution in [0.2, 0.25) is 0 Å². The summed E-state index contributed by atoms with van der Waals surface area (Å²) in [5.41, 5.74) is -0.143. The van der Waals surface area contributed by atoms with Crippen LogP contribution in [0, 0.1) is 5.92 Å². The molecule has 1 unspecified atom stereocenters. The van der Waals surface area contributed by atoms with Crippen LogP contribution >= 0.6 is 0 Å². The van der Waals surface area contributed by atoms with Crippen molar-refractivity contribution in [1.82, 2.24) is 5.32 Å². The molecule has 1 rings (SSSR count). The number of hydrogen-bond donors (Lipinski definition) is 3. The molecule has 1 aliphatic rings. The average Bonchev–Trinajstić information content (AvgIpc) is 2.36. The Hall–Kier alpha value is -0.160. The lowest BCUT2D eigenvalue weighted by atomic mass is 9.89. The van der Waals surface area contributed by atoms with Crippen molar-refractivity contribution < 1.29 is 14.9 Å². The maximum atomic E-state index is 9.91. The van der Waals surface area contributed by atoms with Crippen molar-refractivity contribution in [3.8, 4) is 0 Å². The molecule has 4 heteroatoms. The van der Waals surface area contributed by atoms with Gasteiger partial charge in [0, 0.05) is 18.7 Å². The Bertz CT molecular complexity index is 238. The minimum absolute atomic E-state index is 0.143. The summed E-state index contributed by atoms with van der Waals surface area (Å²) in [4.78, 5) is 0. The smallest absolute Gasteiger partial charge is 0.0898 e. The predicted molar refractivity (Wildman–Crippen MR) is 77.2 cm³/mol. The Balaban J connectivity index is 2.12. The summed E-state index contributed by atoms with van der Waals surface area (Å²) in [6.07, 6.45) is 5.26. The van der Waals surface area contributed by atoms with Crippen LogP contribution in [-0.4, -0.2) is 47.7 Å². The van der Waals surface area contributed by atoms with Crippen LogP contribution in [0.3, 0.4) is 0 Å². The first kappa shape index (κ1) is 16.9. The van der Waals surface area contributed by atoms with Crippen LogP contribution < -0.4 is 5.32 Å². The second-order valence-corrected chi connectivity index (χ2v) is 6.61. The molecule has 0 aromatic rings. The van der Waals surface area contributed by atoms with E-state index in [4.69, 9.17) is 9.84 Å². The van der Waals surface area contributed by atoms with E-state index in [1.54, 1.807) is 0 Å². The predicted octanol–water partition coefficient (Wildman–Crippen LogP) is 1.69. The first-order valence-electron chi connectivity index (χ1n) is 7.58. The van der Waals surface area contributed by atoms with Gasteiger partial charge in [-0.05, 0) is 51.9 Å². The molecule has 0 bridgehead atoms. The Labute approximate surface area is 117 Å². The van der Waals surface area contributed by atoms with Gasteiger partial charge in [-0.3, -0.25) is 0 Å². The van der Waals surface area contributed by atoms with Gasteiger partial charge in [0.15, 0.2) is 0 Å². The number of ether oxygens (including phenoxy) is 1. The molecule has 1 saturated carbocycles. The number of rotatable bonds is 8. The summed E-state index contributed by atoms with van der Waals surface area (Å²) >= 11 is 0. The van der Waals surface area contributed by atoms with Gasteiger partial charge in [0.05, 0.1) is 18.8 Å². The molecule has 0 aromatic carbocycles. The first-order chi connectivity index (χ1) is 8.93. The SMILES string of the molecule is CC1CCC(OCC(O)CNC(C)(C)CCO)CC1. The molecule has 3 N–H and O–H groups in total. The fourth-order valence-electron chi connectivity index (χ4n) is 2.46. The van der Waals surface area contributed by atoms with E-state index in [9.17, 15) is 5.11 Å². The van der Waals surface area contributed by atoms with Gasteiger partial charge >= 0.3 is 0 Å². The highest BCUT2D eigenvalue weighted by molar-refractivity contribution is 4.78. The van der Waals surface area contributed by atoms with Crippen LogP contribution in [-0.2, 0) is 4.74 Å². The third-order valence-corrected chi connectivity index (χ3v) is 4.04. The summed E-state index contributed by atoms with van der Waals surface area (Å²) in [6.45, 7) is 7.42. The zero-order valence-electron chi connectivity index (χ0n) is 12.7. The second-order valence-electron chi connectivity index (χ2n) is 6.61. The van der Waals surface area contributed by atoms with Gasteiger partial charge in [-0.2, -0.15) is 0 Å². The Morgan fingerprint density at radius 2 is 1.89 bits per heavy atom. The molecule has 0 heterocycles. The summed E-state index contributed by atoms with van der Waals surface area (Å²) in [5, 5.41) is 22.1. The largest absolute Gasteiger partial charge is 0.396 e. The third-order valence-electron chi connectivity index (χ3n) is 4.04. The molecule has 0 aliphatic heterocycles. The van der Waals surface area contributed by atoms with E-state index >= 15 is 0 Å². The molecule has 1 atom stereocenters. The molecule has 0 radical (unpaired) electrons. The van der Waals surface area contributed by atoms with Crippen LogP contribution in [0.15, 0.2) is 0 Å². The maximum absolute atomic E-state index is 9.91. The van der Waals surface area contributed by atoms with Crippen molar-refractivity contribution in [2.45, 2.75) is 70.6 Å². The molecule has 0 saturated heterocycles. The second kappa shape index (κ2) is 8.20. The minimum Gasteiger partial charge on any atom is -0.396 e. The Morgan fingerprint density at radius 3 is 2.47 bits per heavy atom. The van der Waals surface area contributed by atoms with E-state index in [-0.39, 0.29) is 12.1 Å². The molecular weight excluding hydrogens is 242 g/mol. The molecule has 1 fully saturated rings. The molecule has 1 aliphatic carbocycles. The van der Waals surface area contributed by atoms with Gasteiger partial charge in [0.1, 0.15) is 0 Å². The number of aliphatic hydroxyl groups excluding tert-OH is 2. The number of nitrogens with one attached hydrogen (secondary N) is 1. The van der Waals surface area contributed by atoms with Crippen LogP contribution in [0.4, 0.5) is 0 Å². The highest BCUT2D eigenvalue weighted by atomic mass is 16.5. The Kier molecular flexibility index (Phi) is 7.29. The van der Waals surface area contributed by atoms with Gasteiger partial charge in [-0.1, -0.05) is 6.92 Å². The highest BCUT2D eigenvalue weighted by Gasteiger charge is 2.21. The van der Waals surface area contributed by atoms with E-state index in [0.29, 0.717) is 25.7 Å². The third kappa shape index (κ3) is 7.25. The monoisotopic (exact) mass is 273 g/mol. The molecule has 0 amide bonds. The molecule has 19 heavy (non-hydrogen) atoms. The minimum atomic E-state index is -0.475. The molecule has 0 aromatic heterocycles. The fourth-order valence-corrected chi connectivity index (χ4v) is 2.46. The van der Waals surface area contributed by atoms with E-state index in [1.165, 1.54) is 12.8 Å². The number of hydrogen-bond acceptors (Lipinski definition) is 4. The van der Waals surface area contributed by atoms with Gasteiger partial charge in [0.2, 0.25) is 0 Å². The summed E-state index contributed by atoms with van der Waals surface area (Å²) < 4.78 is 5.78. The van der Waals surface area contributed by atoms with Crippen LogP contribution in [0.25, 0.3) is 0 Å². The number of β-amino-alcohol motifs (C(OH)–C–C–N with tert-alkyl or cyclic N) is 1. The van der Waals surface area contributed by atoms with Crippen molar-refractivity contribution in [1.29, 1.82) is 0 Å². The molecular formula is C15H31NO3. The molecule has 0 spiro atoms. The highest BCUT2D eigenvalue weighted by Crippen LogP contribution is 2.25. The van der Waals surface area contributed by atoms with Crippen molar-refractivity contribution in [3.05, 3.63) is 0 Å². The fraction of sp³-hybridized carbons (Fsp3) is 1.00.